The molecule has 1 atom stereocenters. The first kappa shape index (κ1) is 15.4. The van der Waals surface area contributed by atoms with Crippen molar-refractivity contribution in [1.82, 2.24) is 4.90 Å². The average Bonchev–Trinajstić information content (AvgIpc) is 2.54. The van der Waals surface area contributed by atoms with Crippen LogP contribution in [0.2, 0.25) is 0 Å². The molecule has 5 heteroatoms. The largest absolute Gasteiger partial charge is 0.469 e. The number of hydrogen-bond donors (Lipinski definition) is 1. The van der Waals surface area contributed by atoms with Crippen LogP contribution in [0.3, 0.4) is 0 Å². The summed E-state index contributed by atoms with van der Waals surface area (Å²) in [5, 5.41) is 3.12. The number of nitrogens with zero attached hydrogens (tertiary/aromatic N) is 1. The third-order valence-corrected chi connectivity index (χ3v) is 3.79. The number of hydrogen-bond acceptors (Lipinski definition) is 4. The molecule has 1 unspecified atom stereocenters. The molecule has 1 fully saturated rings. The van der Waals surface area contributed by atoms with E-state index in [-0.39, 0.29) is 30.9 Å². The summed E-state index contributed by atoms with van der Waals surface area (Å²) in [4.78, 5) is 25.6. The SMILES string of the molecule is COC(=O)CC1CCCCN1C(=O)CNc1ccccc1. The maximum absolute atomic E-state index is 12.4. The third kappa shape index (κ3) is 4.48. The molecule has 0 saturated carbocycles. The fraction of sp³-hybridized carbons (Fsp3) is 0.500. The first-order valence-corrected chi connectivity index (χ1v) is 7.36. The molecule has 0 spiro atoms. The van der Waals surface area contributed by atoms with Gasteiger partial charge in [-0.15, -0.1) is 0 Å². The standard InChI is InChI=1S/C16H22N2O3/c1-21-16(20)11-14-9-5-6-10-18(14)15(19)12-17-13-7-3-2-4-8-13/h2-4,7-8,14,17H,5-6,9-12H2,1H3. The lowest BCUT2D eigenvalue weighted by molar-refractivity contribution is -0.144. The Morgan fingerprint density at radius 3 is 2.76 bits per heavy atom. The van der Waals surface area contributed by atoms with Crippen molar-refractivity contribution in [3.63, 3.8) is 0 Å². The predicted molar refractivity (Wildman–Crippen MR) is 80.9 cm³/mol. The summed E-state index contributed by atoms with van der Waals surface area (Å²) < 4.78 is 4.72. The van der Waals surface area contributed by atoms with Crippen molar-refractivity contribution in [2.24, 2.45) is 0 Å². The Morgan fingerprint density at radius 1 is 1.29 bits per heavy atom. The molecule has 1 N–H and O–H groups in total. The lowest BCUT2D eigenvalue weighted by atomic mass is 9.99. The van der Waals surface area contributed by atoms with Crippen LogP contribution in [-0.4, -0.2) is 43.0 Å². The molecule has 2 rings (SSSR count). The molecule has 1 aliphatic heterocycles. The lowest BCUT2D eigenvalue weighted by Crippen LogP contribution is -2.47. The molecule has 5 nitrogen and oxygen atoms in total. The highest BCUT2D eigenvalue weighted by molar-refractivity contribution is 5.82. The summed E-state index contributed by atoms with van der Waals surface area (Å²) in [7, 11) is 1.38. The maximum Gasteiger partial charge on any atom is 0.307 e. The van der Waals surface area contributed by atoms with Crippen LogP contribution in [0.25, 0.3) is 0 Å². The number of amides is 1. The fourth-order valence-electron chi connectivity index (χ4n) is 2.65. The van der Waals surface area contributed by atoms with E-state index in [0.29, 0.717) is 0 Å². The van der Waals surface area contributed by atoms with Gasteiger partial charge in [0.15, 0.2) is 0 Å². The number of piperidine rings is 1. The number of anilines is 1. The molecule has 114 valence electrons. The molecule has 0 radical (unpaired) electrons. The molecule has 1 aliphatic rings. The smallest absolute Gasteiger partial charge is 0.307 e. The number of methoxy groups -OCH3 is 1. The number of ether oxygens (including phenoxy) is 1. The van der Waals surface area contributed by atoms with E-state index in [9.17, 15) is 9.59 Å². The highest BCUT2D eigenvalue weighted by Gasteiger charge is 2.28. The van der Waals surface area contributed by atoms with Gasteiger partial charge in [-0.05, 0) is 31.4 Å². The van der Waals surface area contributed by atoms with Gasteiger partial charge >= 0.3 is 5.97 Å². The van der Waals surface area contributed by atoms with Gasteiger partial charge in [-0.25, -0.2) is 0 Å². The van der Waals surface area contributed by atoms with Gasteiger partial charge in [-0.1, -0.05) is 18.2 Å². The number of likely N-dealkylation sites (tertiary alicyclic amines) is 1. The van der Waals surface area contributed by atoms with E-state index in [1.807, 2.05) is 35.2 Å². The summed E-state index contributed by atoms with van der Waals surface area (Å²) in [5.74, 6) is -0.219. The quantitative estimate of drug-likeness (QED) is 0.843. The third-order valence-electron chi connectivity index (χ3n) is 3.79. The van der Waals surface area contributed by atoms with Gasteiger partial charge in [0.25, 0.3) is 0 Å². The molecule has 0 aromatic heterocycles. The lowest BCUT2D eigenvalue weighted by Gasteiger charge is -2.35. The highest BCUT2D eigenvalue weighted by Crippen LogP contribution is 2.20. The van der Waals surface area contributed by atoms with Crippen molar-refractivity contribution in [2.45, 2.75) is 31.7 Å². The zero-order valence-electron chi connectivity index (χ0n) is 12.4. The minimum absolute atomic E-state index is 0.0312. The van der Waals surface area contributed by atoms with Crippen molar-refractivity contribution in [3.05, 3.63) is 30.3 Å². The van der Waals surface area contributed by atoms with Crippen molar-refractivity contribution >= 4 is 17.6 Å². The van der Waals surface area contributed by atoms with Gasteiger partial charge in [0.1, 0.15) is 0 Å². The van der Waals surface area contributed by atoms with Gasteiger partial charge in [-0.2, -0.15) is 0 Å². The Morgan fingerprint density at radius 2 is 2.05 bits per heavy atom. The molecule has 1 aromatic rings. The maximum atomic E-state index is 12.4. The van der Waals surface area contributed by atoms with Crippen LogP contribution in [0.15, 0.2) is 30.3 Å². The minimum atomic E-state index is -0.254. The van der Waals surface area contributed by atoms with E-state index in [1.165, 1.54) is 7.11 Å². The number of benzene rings is 1. The van der Waals surface area contributed by atoms with Crippen LogP contribution in [0.4, 0.5) is 5.69 Å². The fourth-order valence-corrected chi connectivity index (χ4v) is 2.65. The second kappa shape index (κ2) is 7.67. The van der Waals surface area contributed by atoms with Gasteiger partial charge in [0.05, 0.1) is 20.1 Å². The van der Waals surface area contributed by atoms with Crippen LogP contribution < -0.4 is 5.32 Å². The molecular weight excluding hydrogens is 268 g/mol. The molecule has 0 aliphatic carbocycles. The number of carbonyl (C=O) groups excluding carboxylic acids is 2. The van der Waals surface area contributed by atoms with Crippen LogP contribution in [-0.2, 0) is 14.3 Å². The number of rotatable bonds is 5. The van der Waals surface area contributed by atoms with Crippen molar-refractivity contribution in [2.75, 3.05) is 25.5 Å². The summed E-state index contributed by atoms with van der Waals surface area (Å²) in [5.41, 5.74) is 0.923. The molecule has 21 heavy (non-hydrogen) atoms. The van der Waals surface area contributed by atoms with E-state index in [2.05, 4.69) is 5.32 Å². The molecule has 1 amide bonds. The monoisotopic (exact) mass is 290 g/mol. The van der Waals surface area contributed by atoms with E-state index >= 15 is 0 Å². The zero-order valence-corrected chi connectivity index (χ0v) is 12.4. The number of para-hydroxylation sites is 1. The average molecular weight is 290 g/mol. The van der Waals surface area contributed by atoms with Crippen molar-refractivity contribution in [1.29, 1.82) is 0 Å². The molecule has 0 bridgehead atoms. The van der Waals surface area contributed by atoms with Crippen LogP contribution in [0.1, 0.15) is 25.7 Å². The van der Waals surface area contributed by atoms with E-state index < -0.39 is 0 Å². The molecule has 1 aromatic carbocycles. The normalized spacial score (nSPS) is 18.1. The van der Waals surface area contributed by atoms with Crippen molar-refractivity contribution < 1.29 is 14.3 Å². The molecule has 1 saturated heterocycles. The Labute approximate surface area is 125 Å². The second-order valence-corrected chi connectivity index (χ2v) is 5.24. The van der Waals surface area contributed by atoms with Crippen LogP contribution in [0.5, 0.6) is 0 Å². The second-order valence-electron chi connectivity index (χ2n) is 5.24. The van der Waals surface area contributed by atoms with Crippen molar-refractivity contribution in [3.8, 4) is 0 Å². The number of esters is 1. The van der Waals surface area contributed by atoms with Gasteiger partial charge in [-0.3, -0.25) is 9.59 Å². The highest BCUT2D eigenvalue weighted by atomic mass is 16.5. The summed E-state index contributed by atoms with van der Waals surface area (Å²) in [6, 6.07) is 9.60. The van der Waals surface area contributed by atoms with Gasteiger partial charge in [0.2, 0.25) is 5.91 Å². The first-order chi connectivity index (χ1) is 10.2. The van der Waals surface area contributed by atoms with Crippen LogP contribution >= 0.6 is 0 Å². The minimum Gasteiger partial charge on any atom is -0.469 e. The topological polar surface area (TPSA) is 58.6 Å². The molecule has 1 heterocycles. The van der Waals surface area contributed by atoms with Gasteiger partial charge in [0, 0.05) is 18.3 Å². The first-order valence-electron chi connectivity index (χ1n) is 7.36. The summed E-state index contributed by atoms with van der Waals surface area (Å²) in [6.45, 7) is 0.971. The Balaban J connectivity index is 1.90. The number of carbonyl (C=O) groups is 2. The number of nitrogens with one attached hydrogen (secondary N) is 1. The van der Waals surface area contributed by atoms with Crippen LogP contribution in [0, 0.1) is 0 Å². The van der Waals surface area contributed by atoms with E-state index in [1.54, 1.807) is 0 Å². The zero-order chi connectivity index (χ0) is 15.1. The Bertz CT molecular complexity index is 476. The summed E-state index contributed by atoms with van der Waals surface area (Å²) >= 11 is 0. The van der Waals surface area contributed by atoms with E-state index in [0.717, 1.165) is 31.5 Å². The van der Waals surface area contributed by atoms with Gasteiger partial charge < -0.3 is 15.0 Å². The van der Waals surface area contributed by atoms with E-state index in [4.69, 9.17) is 4.74 Å². The molecular formula is C16H22N2O3. The Kier molecular flexibility index (Phi) is 5.60. The summed E-state index contributed by atoms with van der Waals surface area (Å²) in [6.07, 6.45) is 3.20. The Hall–Kier alpha value is -2.04. The predicted octanol–water partition coefficient (Wildman–Crippen LogP) is 2.04.